The summed E-state index contributed by atoms with van der Waals surface area (Å²) in [6.07, 6.45) is 0.549. The molecule has 1 aromatic carbocycles. The molecule has 0 bridgehead atoms. The molecule has 25 heavy (non-hydrogen) atoms. The maximum absolute atomic E-state index is 12.2. The van der Waals surface area contributed by atoms with Crippen LogP contribution in [0, 0.1) is 0 Å². The Morgan fingerprint density at radius 2 is 2.12 bits per heavy atom. The van der Waals surface area contributed by atoms with Gasteiger partial charge in [0.15, 0.2) is 11.6 Å². The Kier molecular flexibility index (Phi) is 5.47. The normalized spacial score (nSPS) is 10.8. The van der Waals surface area contributed by atoms with E-state index in [-0.39, 0.29) is 18.2 Å². The summed E-state index contributed by atoms with van der Waals surface area (Å²) in [6.45, 7) is 0.615. The maximum Gasteiger partial charge on any atom is 0.287 e. The monoisotopic (exact) mass is 361 g/mol. The van der Waals surface area contributed by atoms with Crippen molar-refractivity contribution in [1.29, 1.82) is 0 Å². The van der Waals surface area contributed by atoms with Gasteiger partial charge < -0.3 is 19.0 Å². The molecule has 0 atom stereocenters. The number of amides is 1. The highest BCUT2D eigenvalue weighted by atomic mass is 35.5. The minimum Gasteiger partial charge on any atom is -0.451 e. The van der Waals surface area contributed by atoms with E-state index in [4.69, 9.17) is 25.3 Å². The molecule has 2 heterocycles. The first kappa shape index (κ1) is 17.2. The zero-order valence-corrected chi connectivity index (χ0v) is 14.2. The van der Waals surface area contributed by atoms with Crippen LogP contribution in [0.25, 0.3) is 11.3 Å². The highest BCUT2D eigenvalue weighted by molar-refractivity contribution is 6.33. The Morgan fingerprint density at radius 3 is 2.92 bits per heavy atom. The lowest BCUT2D eigenvalue weighted by Crippen LogP contribution is -2.22. The molecule has 1 amide bonds. The lowest BCUT2D eigenvalue weighted by molar-refractivity contribution is 0.0919. The van der Waals surface area contributed by atoms with Gasteiger partial charge in [-0.2, -0.15) is 4.98 Å². The molecule has 3 rings (SSSR count). The molecule has 0 spiro atoms. The van der Waals surface area contributed by atoms with Crippen molar-refractivity contribution in [2.24, 2.45) is 0 Å². The summed E-state index contributed by atoms with van der Waals surface area (Å²) in [4.78, 5) is 16.3. The highest BCUT2D eigenvalue weighted by Gasteiger charge is 2.15. The van der Waals surface area contributed by atoms with Crippen molar-refractivity contribution in [1.82, 2.24) is 15.5 Å². The minimum atomic E-state index is -0.380. The Hall–Kier alpha value is -2.64. The van der Waals surface area contributed by atoms with Crippen molar-refractivity contribution in [3.63, 3.8) is 0 Å². The van der Waals surface area contributed by atoms with Crippen molar-refractivity contribution in [3.05, 3.63) is 58.9 Å². The van der Waals surface area contributed by atoms with E-state index in [1.807, 2.05) is 18.2 Å². The van der Waals surface area contributed by atoms with Gasteiger partial charge in [0.1, 0.15) is 5.76 Å². The number of benzene rings is 1. The van der Waals surface area contributed by atoms with Gasteiger partial charge in [0.25, 0.3) is 5.91 Å². The van der Waals surface area contributed by atoms with Crippen molar-refractivity contribution >= 4 is 17.5 Å². The number of carbonyl (C=O) groups excluding carboxylic acids is 1. The minimum absolute atomic E-state index is 0.112. The van der Waals surface area contributed by atoms with Crippen LogP contribution in [-0.4, -0.2) is 29.8 Å². The summed E-state index contributed by atoms with van der Waals surface area (Å²) >= 11 is 6.13. The second-order valence-electron chi connectivity index (χ2n) is 5.17. The molecular weight excluding hydrogens is 346 g/mol. The van der Waals surface area contributed by atoms with Gasteiger partial charge in [-0.3, -0.25) is 4.79 Å². The van der Waals surface area contributed by atoms with Crippen LogP contribution in [0.15, 0.2) is 45.3 Å². The van der Waals surface area contributed by atoms with E-state index >= 15 is 0 Å². The number of nitrogens with zero attached hydrogens (tertiary/aromatic N) is 2. The van der Waals surface area contributed by atoms with Crippen LogP contribution in [0.5, 0.6) is 0 Å². The first-order valence-corrected chi connectivity index (χ1v) is 7.98. The number of rotatable bonds is 7. The number of furan rings is 1. The number of hydrogen-bond donors (Lipinski definition) is 1. The van der Waals surface area contributed by atoms with E-state index in [1.54, 1.807) is 25.3 Å². The van der Waals surface area contributed by atoms with Crippen LogP contribution >= 0.6 is 11.6 Å². The molecule has 0 radical (unpaired) electrons. The lowest BCUT2D eigenvalue weighted by Gasteiger charge is -2.01. The molecule has 0 aliphatic heterocycles. The fourth-order valence-electron chi connectivity index (χ4n) is 2.17. The number of aromatic nitrogens is 2. The van der Waals surface area contributed by atoms with Gasteiger partial charge in [-0.1, -0.05) is 28.9 Å². The van der Waals surface area contributed by atoms with Crippen molar-refractivity contribution < 1.29 is 18.5 Å². The molecule has 8 heteroatoms. The third-order valence-electron chi connectivity index (χ3n) is 3.41. The zero-order valence-electron chi connectivity index (χ0n) is 13.5. The van der Waals surface area contributed by atoms with Crippen LogP contribution in [0.2, 0.25) is 5.02 Å². The fraction of sp³-hybridized carbons (Fsp3) is 0.235. The topological polar surface area (TPSA) is 90.4 Å². The summed E-state index contributed by atoms with van der Waals surface area (Å²) < 4.78 is 15.6. The summed E-state index contributed by atoms with van der Waals surface area (Å²) in [6, 6.07) is 10.5. The van der Waals surface area contributed by atoms with Gasteiger partial charge in [-0.15, -0.1) is 0 Å². The molecule has 0 aliphatic carbocycles. The van der Waals surface area contributed by atoms with Crippen LogP contribution in [0.1, 0.15) is 22.3 Å². The van der Waals surface area contributed by atoms with Gasteiger partial charge in [-0.25, -0.2) is 0 Å². The molecule has 0 fully saturated rings. The number of nitrogens with one attached hydrogen (secondary N) is 1. The molecule has 1 N–H and O–H groups in total. The van der Waals surface area contributed by atoms with Gasteiger partial charge >= 0.3 is 0 Å². The standard InChI is InChI=1S/C17H16ClN3O4/c1-23-9-8-15-20-16(25-21-15)10-19-17(22)14-7-6-13(24-14)11-4-2-3-5-12(11)18/h2-7H,8-10H2,1H3,(H,19,22). The van der Waals surface area contributed by atoms with Crippen LogP contribution in [0.3, 0.4) is 0 Å². The molecule has 2 aromatic heterocycles. The summed E-state index contributed by atoms with van der Waals surface area (Å²) in [5.74, 6) is 1.17. The van der Waals surface area contributed by atoms with Gasteiger partial charge in [0.05, 0.1) is 18.2 Å². The molecule has 7 nitrogen and oxygen atoms in total. The average Bonchev–Trinajstić information content (AvgIpc) is 3.28. The van der Waals surface area contributed by atoms with E-state index in [0.29, 0.717) is 35.5 Å². The smallest absolute Gasteiger partial charge is 0.287 e. The third kappa shape index (κ3) is 4.26. The van der Waals surface area contributed by atoms with Gasteiger partial charge in [0.2, 0.25) is 5.89 Å². The predicted octanol–water partition coefficient (Wildman–Crippen LogP) is 3.10. The lowest BCUT2D eigenvalue weighted by atomic mass is 10.2. The molecule has 0 unspecified atom stereocenters. The predicted molar refractivity (Wildman–Crippen MR) is 90.2 cm³/mol. The third-order valence-corrected chi connectivity index (χ3v) is 3.74. The number of hydrogen-bond acceptors (Lipinski definition) is 6. The Balaban J connectivity index is 1.61. The quantitative estimate of drug-likeness (QED) is 0.695. The molecule has 130 valence electrons. The Morgan fingerprint density at radius 1 is 1.28 bits per heavy atom. The van der Waals surface area contributed by atoms with Crippen molar-refractivity contribution in [3.8, 4) is 11.3 Å². The van der Waals surface area contributed by atoms with Crippen molar-refractivity contribution in [2.45, 2.75) is 13.0 Å². The Labute approximate surface area is 148 Å². The highest BCUT2D eigenvalue weighted by Crippen LogP contribution is 2.28. The molecule has 3 aromatic rings. The van der Waals surface area contributed by atoms with E-state index in [0.717, 1.165) is 5.56 Å². The van der Waals surface area contributed by atoms with Crippen LogP contribution < -0.4 is 5.32 Å². The summed E-state index contributed by atoms with van der Waals surface area (Å²) in [5, 5.41) is 7.03. The fourth-order valence-corrected chi connectivity index (χ4v) is 2.39. The van der Waals surface area contributed by atoms with E-state index < -0.39 is 0 Å². The second-order valence-corrected chi connectivity index (χ2v) is 5.58. The van der Waals surface area contributed by atoms with Gasteiger partial charge in [0, 0.05) is 19.1 Å². The summed E-state index contributed by atoms with van der Waals surface area (Å²) in [7, 11) is 1.60. The molecule has 0 aliphatic rings. The van der Waals surface area contributed by atoms with E-state index in [9.17, 15) is 4.79 Å². The second kappa shape index (κ2) is 7.96. The molecule has 0 saturated carbocycles. The SMILES string of the molecule is COCCc1noc(CNC(=O)c2ccc(-c3ccccc3Cl)o2)n1. The zero-order chi connectivity index (χ0) is 17.6. The van der Waals surface area contributed by atoms with Crippen molar-refractivity contribution in [2.75, 3.05) is 13.7 Å². The van der Waals surface area contributed by atoms with E-state index in [1.165, 1.54) is 0 Å². The van der Waals surface area contributed by atoms with Crippen LogP contribution in [0.4, 0.5) is 0 Å². The first-order chi connectivity index (χ1) is 12.2. The van der Waals surface area contributed by atoms with Gasteiger partial charge in [-0.05, 0) is 24.3 Å². The average molecular weight is 362 g/mol. The van der Waals surface area contributed by atoms with E-state index in [2.05, 4.69) is 15.5 Å². The maximum atomic E-state index is 12.2. The molecule has 0 saturated heterocycles. The number of carbonyl (C=O) groups is 1. The first-order valence-electron chi connectivity index (χ1n) is 7.60. The number of ether oxygens (including phenoxy) is 1. The molecular formula is C17H16ClN3O4. The Bertz CT molecular complexity index is 859. The van der Waals surface area contributed by atoms with Crippen LogP contribution in [-0.2, 0) is 17.7 Å². The summed E-state index contributed by atoms with van der Waals surface area (Å²) in [5.41, 5.74) is 0.725. The number of halogens is 1. The largest absolute Gasteiger partial charge is 0.451 e. The number of methoxy groups -OCH3 is 1.